The minimum Gasteiger partial charge on any atom is -0.496 e. The number of hydrogen-bond acceptors (Lipinski definition) is 3. The molecule has 0 saturated carbocycles. The first-order valence-corrected chi connectivity index (χ1v) is 6.19. The zero-order valence-corrected chi connectivity index (χ0v) is 11.5. The quantitative estimate of drug-likeness (QED) is 0.931. The van der Waals surface area contributed by atoms with Crippen LogP contribution in [-0.4, -0.2) is 19.3 Å². The molecule has 0 fully saturated rings. The fourth-order valence-corrected chi connectivity index (χ4v) is 2.09. The van der Waals surface area contributed by atoms with Crippen molar-refractivity contribution < 1.29 is 14.6 Å². The highest BCUT2D eigenvalue weighted by Crippen LogP contribution is 2.37. The van der Waals surface area contributed by atoms with Gasteiger partial charge in [-0.05, 0) is 29.8 Å². The number of hydrogen-bond donors (Lipinski definition) is 1. The standard InChI is InChI=1S/C15H15ClO3/c1-18-12-4-3-5-13(19-2)14(12)15(17)10-6-8-11(16)9-7-10/h3-9,15,17H,1-2H3. The number of methoxy groups -OCH3 is 2. The molecule has 0 aliphatic heterocycles. The molecular weight excluding hydrogens is 264 g/mol. The van der Waals surface area contributed by atoms with Gasteiger partial charge >= 0.3 is 0 Å². The minimum atomic E-state index is -0.830. The zero-order chi connectivity index (χ0) is 13.8. The Hall–Kier alpha value is -1.71. The predicted octanol–water partition coefficient (Wildman–Crippen LogP) is 3.44. The molecule has 19 heavy (non-hydrogen) atoms. The van der Waals surface area contributed by atoms with Crippen molar-refractivity contribution in [3.63, 3.8) is 0 Å². The van der Waals surface area contributed by atoms with Crippen LogP contribution >= 0.6 is 11.6 Å². The molecule has 0 amide bonds. The Balaban J connectivity index is 2.47. The van der Waals surface area contributed by atoms with Gasteiger partial charge < -0.3 is 14.6 Å². The van der Waals surface area contributed by atoms with Crippen molar-refractivity contribution in [1.82, 2.24) is 0 Å². The number of benzene rings is 2. The highest BCUT2D eigenvalue weighted by molar-refractivity contribution is 6.30. The van der Waals surface area contributed by atoms with Crippen molar-refractivity contribution in [3.8, 4) is 11.5 Å². The van der Waals surface area contributed by atoms with Crippen molar-refractivity contribution in [2.24, 2.45) is 0 Å². The molecule has 1 unspecified atom stereocenters. The first kappa shape index (κ1) is 13.7. The molecule has 2 aromatic rings. The minimum absolute atomic E-state index is 0.585. The Morgan fingerprint density at radius 2 is 1.47 bits per heavy atom. The van der Waals surface area contributed by atoms with Crippen LogP contribution in [-0.2, 0) is 0 Å². The molecule has 0 bridgehead atoms. The van der Waals surface area contributed by atoms with Gasteiger partial charge in [0, 0.05) is 5.02 Å². The summed E-state index contributed by atoms with van der Waals surface area (Å²) in [4.78, 5) is 0. The summed E-state index contributed by atoms with van der Waals surface area (Å²) in [7, 11) is 3.12. The fraction of sp³-hybridized carbons (Fsp3) is 0.200. The Labute approximate surface area is 117 Å². The lowest BCUT2D eigenvalue weighted by Crippen LogP contribution is -2.05. The van der Waals surface area contributed by atoms with Crippen LogP contribution in [0.2, 0.25) is 5.02 Å². The second kappa shape index (κ2) is 5.95. The molecule has 0 heterocycles. The summed E-state index contributed by atoms with van der Waals surface area (Å²) in [6.07, 6.45) is -0.830. The first-order valence-electron chi connectivity index (χ1n) is 5.81. The lowest BCUT2D eigenvalue weighted by Gasteiger charge is -2.18. The maximum absolute atomic E-state index is 10.5. The van der Waals surface area contributed by atoms with Gasteiger partial charge in [0.05, 0.1) is 19.8 Å². The van der Waals surface area contributed by atoms with E-state index in [9.17, 15) is 5.11 Å². The summed E-state index contributed by atoms with van der Waals surface area (Å²) < 4.78 is 10.6. The average molecular weight is 279 g/mol. The average Bonchev–Trinajstić information content (AvgIpc) is 2.46. The second-order valence-electron chi connectivity index (χ2n) is 4.03. The molecule has 3 nitrogen and oxygen atoms in total. The second-order valence-corrected chi connectivity index (χ2v) is 4.47. The third-order valence-electron chi connectivity index (χ3n) is 2.93. The molecule has 0 aliphatic rings. The van der Waals surface area contributed by atoms with Crippen LogP contribution in [0, 0.1) is 0 Å². The number of aliphatic hydroxyl groups is 1. The van der Waals surface area contributed by atoms with E-state index < -0.39 is 6.10 Å². The van der Waals surface area contributed by atoms with Crippen LogP contribution in [0.4, 0.5) is 0 Å². The molecule has 1 atom stereocenters. The molecule has 0 aromatic heterocycles. The molecule has 0 spiro atoms. The van der Waals surface area contributed by atoms with Gasteiger partial charge in [0.2, 0.25) is 0 Å². The molecule has 0 aliphatic carbocycles. The van der Waals surface area contributed by atoms with Crippen molar-refractivity contribution in [1.29, 1.82) is 0 Å². The summed E-state index contributed by atoms with van der Waals surface area (Å²) >= 11 is 5.85. The van der Waals surface area contributed by atoms with Crippen LogP contribution in [0.1, 0.15) is 17.2 Å². The lowest BCUT2D eigenvalue weighted by atomic mass is 9.99. The van der Waals surface area contributed by atoms with E-state index in [0.29, 0.717) is 22.1 Å². The largest absolute Gasteiger partial charge is 0.496 e. The van der Waals surface area contributed by atoms with Crippen LogP contribution in [0.5, 0.6) is 11.5 Å². The summed E-state index contributed by atoms with van der Waals surface area (Å²) in [6, 6.07) is 12.4. The summed E-state index contributed by atoms with van der Waals surface area (Å²) in [6.45, 7) is 0. The van der Waals surface area contributed by atoms with Gasteiger partial charge in [0.25, 0.3) is 0 Å². The van der Waals surface area contributed by atoms with E-state index in [4.69, 9.17) is 21.1 Å². The van der Waals surface area contributed by atoms with E-state index in [1.165, 1.54) is 0 Å². The molecule has 1 N–H and O–H groups in total. The predicted molar refractivity (Wildman–Crippen MR) is 75.1 cm³/mol. The van der Waals surface area contributed by atoms with E-state index in [0.717, 1.165) is 5.56 Å². The molecule has 100 valence electrons. The summed E-state index contributed by atoms with van der Waals surface area (Å²) in [5, 5.41) is 11.1. The normalized spacial score (nSPS) is 12.0. The van der Waals surface area contributed by atoms with Crippen LogP contribution < -0.4 is 9.47 Å². The molecule has 4 heteroatoms. The Morgan fingerprint density at radius 1 is 0.947 bits per heavy atom. The lowest BCUT2D eigenvalue weighted by molar-refractivity contribution is 0.209. The van der Waals surface area contributed by atoms with Gasteiger partial charge in [0.15, 0.2) is 0 Å². The highest BCUT2D eigenvalue weighted by atomic mass is 35.5. The SMILES string of the molecule is COc1cccc(OC)c1C(O)c1ccc(Cl)cc1. The number of rotatable bonds is 4. The Morgan fingerprint density at radius 3 is 1.95 bits per heavy atom. The van der Waals surface area contributed by atoms with Gasteiger partial charge in [-0.15, -0.1) is 0 Å². The third kappa shape index (κ3) is 2.83. The maximum Gasteiger partial charge on any atom is 0.128 e. The number of ether oxygens (including phenoxy) is 2. The molecule has 0 saturated heterocycles. The summed E-state index contributed by atoms with van der Waals surface area (Å²) in [5.41, 5.74) is 1.34. The monoisotopic (exact) mass is 278 g/mol. The molecular formula is C15H15ClO3. The van der Waals surface area contributed by atoms with Crippen molar-refractivity contribution in [2.45, 2.75) is 6.10 Å². The van der Waals surface area contributed by atoms with E-state index in [1.54, 1.807) is 50.6 Å². The van der Waals surface area contributed by atoms with E-state index >= 15 is 0 Å². The van der Waals surface area contributed by atoms with Gasteiger partial charge in [-0.25, -0.2) is 0 Å². The van der Waals surface area contributed by atoms with E-state index in [1.807, 2.05) is 6.07 Å². The highest BCUT2D eigenvalue weighted by Gasteiger charge is 2.20. The fourth-order valence-electron chi connectivity index (χ4n) is 1.96. The molecule has 2 rings (SSSR count). The van der Waals surface area contributed by atoms with E-state index in [2.05, 4.69) is 0 Å². The zero-order valence-electron chi connectivity index (χ0n) is 10.8. The van der Waals surface area contributed by atoms with E-state index in [-0.39, 0.29) is 0 Å². The molecule has 2 aromatic carbocycles. The Bertz CT molecular complexity index is 530. The third-order valence-corrected chi connectivity index (χ3v) is 3.18. The van der Waals surface area contributed by atoms with Gasteiger partial charge in [-0.1, -0.05) is 29.8 Å². The van der Waals surface area contributed by atoms with Gasteiger partial charge in [-0.2, -0.15) is 0 Å². The topological polar surface area (TPSA) is 38.7 Å². The molecule has 0 radical (unpaired) electrons. The number of halogens is 1. The van der Waals surface area contributed by atoms with Crippen molar-refractivity contribution in [3.05, 3.63) is 58.6 Å². The van der Waals surface area contributed by atoms with Gasteiger partial charge in [0.1, 0.15) is 17.6 Å². The van der Waals surface area contributed by atoms with Crippen molar-refractivity contribution in [2.75, 3.05) is 14.2 Å². The Kier molecular flexibility index (Phi) is 4.30. The van der Waals surface area contributed by atoms with Crippen LogP contribution in [0.15, 0.2) is 42.5 Å². The van der Waals surface area contributed by atoms with Crippen LogP contribution in [0.25, 0.3) is 0 Å². The number of aliphatic hydroxyl groups excluding tert-OH is 1. The van der Waals surface area contributed by atoms with Gasteiger partial charge in [-0.3, -0.25) is 0 Å². The van der Waals surface area contributed by atoms with Crippen LogP contribution in [0.3, 0.4) is 0 Å². The maximum atomic E-state index is 10.5. The smallest absolute Gasteiger partial charge is 0.128 e. The van der Waals surface area contributed by atoms with Crippen molar-refractivity contribution >= 4 is 11.6 Å². The summed E-state index contributed by atoms with van der Waals surface area (Å²) in [5.74, 6) is 1.17. The first-order chi connectivity index (χ1) is 9.17.